The van der Waals surface area contributed by atoms with Crippen LogP contribution in [-0.4, -0.2) is 119 Å². The number of unbranched alkanes of at least 4 members (excludes halogenated alkanes) is 2. The highest BCUT2D eigenvalue weighted by atomic mass is 19.1. The van der Waals surface area contributed by atoms with E-state index in [4.69, 9.17) is 10.4 Å². The third-order valence-corrected chi connectivity index (χ3v) is 12.9. The number of nitrogens with zero attached hydrogens (tertiary/aromatic N) is 5. The van der Waals surface area contributed by atoms with Crippen molar-refractivity contribution in [3.05, 3.63) is 124 Å². The maximum absolute atomic E-state index is 14.9. The summed E-state index contributed by atoms with van der Waals surface area (Å²) in [5.74, 6) is 0.244. The Morgan fingerprint density at radius 2 is 1.64 bits per heavy atom. The number of benzene rings is 3. The van der Waals surface area contributed by atoms with E-state index in [9.17, 15) is 23.9 Å². The molecule has 0 radical (unpaired) electrons. The second kappa shape index (κ2) is 19.0. The molecule has 1 unspecified atom stereocenters. The largest absolute Gasteiger partial charge is 0.395 e. The highest BCUT2D eigenvalue weighted by molar-refractivity contribution is 6.23. The van der Waals surface area contributed by atoms with Crippen LogP contribution in [-0.2, 0) is 22.6 Å². The molecule has 3 amide bonds. The third kappa shape index (κ3) is 9.69. The average molecular weight is 829 g/mol. The maximum Gasteiger partial charge on any atom is 0.255 e. The van der Waals surface area contributed by atoms with E-state index >= 15 is 0 Å². The van der Waals surface area contributed by atoms with Crippen LogP contribution in [0, 0.1) is 11.2 Å². The Kier molecular flexibility index (Phi) is 13.2. The van der Waals surface area contributed by atoms with Crippen LogP contribution in [0.25, 0.3) is 5.57 Å². The number of imide groups is 1. The zero-order chi connectivity index (χ0) is 42.5. The first-order valence-electron chi connectivity index (χ1n) is 21.9. The van der Waals surface area contributed by atoms with Crippen LogP contribution >= 0.6 is 0 Å². The number of aliphatic hydroxyl groups is 1. The van der Waals surface area contributed by atoms with Gasteiger partial charge in [0.05, 0.1) is 12.3 Å². The first kappa shape index (κ1) is 42.2. The second-order valence-electron chi connectivity index (χ2n) is 17.0. The van der Waals surface area contributed by atoms with Crippen molar-refractivity contribution >= 4 is 34.7 Å². The fourth-order valence-electron chi connectivity index (χ4n) is 9.61. The van der Waals surface area contributed by atoms with Gasteiger partial charge in [-0.3, -0.25) is 24.6 Å². The first-order chi connectivity index (χ1) is 29.6. The minimum absolute atomic E-state index is 0.144. The van der Waals surface area contributed by atoms with Crippen LogP contribution in [0.2, 0.25) is 0 Å². The summed E-state index contributed by atoms with van der Waals surface area (Å²) >= 11 is 0. The Hall–Kier alpha value is -5.50. The summed E-state index contributed by atoms with van der Waals surface area (Å²) in [6, 6.07) is 20.8. The van der Waals surface area contributed by atoms with Crippen molar-refractivity contribution in [3.63, 3.8) is 0 Å². The Morgan fingerprint density at radius 1 is 0.869 bits per heavy atom. The van der Waals surface area contributed by atoms with E-state index < -0.39 is 17.8 Å². The molecule has 5 aliphatic rings. The number of aliphatic hydroxyl groups excluding tert-OH is 1. The number of nitrogens with one attached hydrogen (secondary N) is 3. The number of β-amino-alcohol motifs (C(OH)–C–C–N with tert-alkyl or cyclic N) is 1. The van der Waals surface area contributed by atoms with Gasteiger partial charge in [-0.25, -0.2) is 9.38 Å². The Morgan fingerprint density at radius 3 is 2.38 bits per heavy atom. The van der Waals surface area contributed by atoms with Crippen molar-refractivity contribution in [1.82, 2.24) is 30.2 Å². The average Bonchev–Trinajstić information content (AvgIpc) is 3.59. The number of hydrogen-bond donors (Lipinski definition) is 4. The molecule has 8 rings (SSSR count). The number of amides is 3. The van der Waals surface area contributed by atoms with Gasteiger partial charge < -0.3 is 30.5 Å². The highest BCUT2D eigenvalue weighted by Gasteiger charge is 2.41. The number of piperidine rings is 2. The molecule has 0 aromatic heterocycles. The molecule has 1 atom stereocenters. The van der Waals surface area contributed by atoms with E-state index in [1.54, 1.807) is 6.07 Å². The van der Waals surface area contributed by atoms with Gasteiger partial charge >= 0.3 is 0 Å². The van der Waals surface area contributed by atoms with Gasteiger partial charge in [-0.15, -0.1) is 0 Å². The lowest BCUT2D eigenvalue weighted by atomic mass is 9.85. The molecule has 3 saturated heterocycles. The van der Waals surface area contributed by atoms with Gasteiger partial charge in [0.25, 0.3) is 5.91 Å². The molecular formula is C48H57FN8O4. The number of aryl methyl sites for hydroxylation is 1. The molecule has 4 N–H and O–H groups in total. The molecule has 0 aliphatic carbocycles. The van der Waals surface area contributed by atoms with Gasteiger partial charge in [0, 0.05) is 74.2 Å². The summed E-state index contributed by atoms with van der Waals surface area (Å²) in [6.45, 7) is 9.11. The number of carbonyl (C=O) groups is 3. The molecular weight excluding hydrogens is 772 g/mol. The van der Waals surface area contributed by atoms with Gasteiger partial charge in [-0.2, -0.15) is 0 Å². The van der Waals surface area contributed by atoms with Crippen LogP contribution in [0.5, 0.6) is 0 Å². The van der Waals surface area contributed by atoms with Crippen LogP contribution < -0.4 is 10.6 Å². The Labute approximate surface area is 357 Å². The molecule has 3 aromatic rings. The molecule has 61 heavy (non-hydrogen) atoms. The molecule has 0 spiro atoms. The molecule has 5 aliphatic heterocycles. The van der Waals surface area contributed by atoms with E-state index in [1.165, 1.54) is 16.5 Å². The zero-order valence-corrected chi connectivity index (χ0v) is 35.1. The van der Waals surface area contributed by atoms with Gasteiger partial charge in [0.1, 0.15) is 23.5 Å². The predicted molar refractivity (Wildman–Crippen MR) is 234 cm³/mol. The fourth-order valence-corrected chi connectivity index (χ4v) is 9.61. The zero-order valence-electron chi connectivity index (χ0n) is 35.1. The quantitative estimate of drug-likeness (QED) is 0.0958. The number of hydrogen-bond acceptors (Lipinski definition) is 10. The number of halogens is 1. The lowest BCUT2D eigenvalue weighted by molar-refractivity contribution is -0.136. The minimum Gasteiger partial charge on any atom is -0.395 e. The number of fused-ring (bicyclic) bond motifs is 1. The van der Waals surface area contributed by atoms with Gasteiger partial charge in [0.15, 0.2) is 0 Å². The molecule has 3 fully saturated rings. The molecule has 0 saturated carbocycles. The normalized spacial score (nSPS) is 21.2. The van der Waals surface area contributed by atoms with Crippen molar-refractivity contribution in [2.45, 2.75) is 76.8 Å². The summed E-state index contributed by atoms with van der Waals surface area (Å²) in [5, 5.41) is 24.2. The summed E-state index contributed by atoms with van der Waals surface area (Å²) < 4.78 is 14.9. The van der Waals surface area contributed by atoms with Gasteiger partial charge in [-0.1, -0.05) is 55.0 Å². The van der Waals surface area contributed by atoms with Crippen molar-refractivity contribution in [2.24, 2.45) is 4.99 Å². The number of allylic oxidation sites excluding steroid dienone is 2. The van der Waals surface area contributed by atoms with Crippen molar-refractivity contribution in [1.29, 1.82) is 5.41 Å². The van der Waals surface area contributed by atoms with Crippen LogP contribution in [0.3, 0.4) is 0 Å². The van der Waals surface area contributed by atoms with Crippen LogP contribution in [0.4, 0.5) is 4.39 Å². The number of piperazine rings is 1. The molecule has 13 heteroatoms. The smallest absolute Gasteiger partial charge is 0.255 e. The molecule has 12 nitrogen and oxygen atoms in total. The predicted octanol–water partition coefficient (Wildman–Crippen LogP) is 5.43. The van der Waals surface area contributed by atoms with Crippen molar-refractivity contribution in [3.8, 4) is 0 Å². The lowest BCUT2D eigenvalue weighted by Gasteiger charge is -2.38. The molecule has 3 aromatic carbocycles. The molecule has 5 heterocycles. The second-order valence-corrected chi connectivity index (χ2v) is 17.0. The Balaban J connectivity index is 0.867. The third-order valence-electron chi connectivity index (χ3n) is 12.9. The van der Waals surface area contributed by atoms with E-state index in [0.717, 1.165) is 124 Å². The van der Waals surface area contributed by atoms with E-state index in [1.807, 2.05) is 37.3 Å². The van der Waals surface area contributed by atoms with E-state index in [0.29, 0.717) is 23.6 Å². The van der Waals surface area contributed by atoms with Crippen molar-refractivity contribution in [2.75, 3.05) is 59.0 Å². The summed E-state index contributed by atoms with van der Waals surface area (Å²) in [4.78, 5) is 51.4. The summed E-state index contributed by atoms with van der Waals surface area (Å²) in [6.07, 6.45) is 8.58. The standard InChI is InChI=1S/C48H57FN8O4/c1-32(50)45(35-11-5-2-6-12-35)46-51-41(30-43(52-46)56-23-21-55(22-24-56)25-26-58)36-13-8-10-33(27-36)9-4-3-7-18-54-19-16-34(17-20-54)38-28-37(49)29-39-40(38)31-57(48(39)61)42-14-15-44(59)53-47(42)60/h2,5-6,8,10-13,27-30,34,42,50,52,58H,3-4,7,9,14-26,31H2,1H3,(H,53,59,60)/b46-45+,50-32?. The summed E-state index contributed by atoms with van der Waals surface area (Å²) in [7, 11) is 0. The molecule has 0 bridgehead atoms. The number of likely N-dealkylation sites (tertiary alicyclic amines) is 1. The lowest BCUT2D eigenvalue weighted by Crippen LogP contribution is -2.52. The SMILES string of the molecule is CC(=N)/C(=C1/N=C(c2cccc(CCCCCN3CCC(c4cc(F)cc5c4CN(C4CCC(=O)NC4=O)C5=O)CC3)c2)C=C(N2CCN(CCO)CC2)N1)c1ccccc1. The number of carbonyl (C=O) groups excluding carboxylic acids is 3. The van der Waals surface area contributed by atoms with E-state index in [2.05, 4.69) is 55.7 Å². The first-order valence-corrected chi connectivity index (χ1v) is 21.9. The summed E-state index contributed by atoms with van der Waals surface area (Å²) in [5.41, 5.74) is 7.39. The number of rotatable bonds is 14. The van der Waals surface area contributed by atoms with Gasteiger partial charge in [-0.05, 0) is 111 Å². The van der Waals surface area contributed by atoms with E-state index in [-0.39, 0.29) is 43.7 Å². The van der Waals surface area contributed by atoms with Gasteiger partial charge in [0.2, 0.25) is 11.8 Å². The Bertz CT molecular complexity index is 2240. The van der Waals surface area contributed by atoms with Crippen LogP contribution in [0.1, 0.15) is 96.0 Å². The number of aliphatic imine (C=N–C) groups is 1. The van der Waals surface area contributed by atoms with Crippen LogP contribution in [0.15, 0.2) is 89.4 Å². The highest BCUT2D eigenvalue weighted by Crippen LogP contribution is 2.38. The molecule has 320 valence electrons. The topological polar surface area (TPSA) is 145 Å². The fraction of sp³-hybridized carbons (Fsp3) is 0.438. The van der Waals surface area contributed by atoms with Crippen molar-refractivity contribution < 1.29 is 23.9 Å². The minimum atomic E-state index is -0.716. The maximum atomic E-state index is 14.9. The monoisotopic (exact) mass is 828 g/mol.